The zero-order chi connectivity index (χ0) is 13.5. The first-order valence-electron chi connectivity index (χ1n) is 6.93. The van der Waals surface area contributed by atoms with Crippen LogP contribution in [0, 0.1) is 13.8 Å². The number of hydrogen-bond acceptors (Lipinski definition) is 2. The highest BCUT2D eigenvalue weighted by molar-refractivity contribution is 5.24. The van der Waals surface area contributed by atoms with E-state index in [9.17, 15) is 0 Å². The van der Waals surface area contributed by atoms with E-state index in [-0.39, 0.29) is 0 Å². The monoisotopic (exact) mass is 249 g/mol. The summed E-state index contributed by atoms with van der Waals surface area (Å²) < 4.78 is 1.98. The van der Waals surface area contributed by atoms with Crippen LogP contribution in [0.25, 0.3) is 0 Å². The normalized spacial score (nSPS) is 12.7. The third-order valence-corrected chi connectivity index (χ3v) is 3.54. The van der Waals surface area contributed by atoms with Gasteiger partial charge < -0.3 is 5.32 Å². The smallest absolute Gasteiger partial charge is 0.0628 e. The van der Waals surface area contributed by atoms with Crippen molar-refractivity contribution >= 4 is 0 Å². The second-order valence-corrected chi connectivity index (χ2v) is 4.99. The molecule has 3 nitrogen and oxygen atoms in total. The maximum atomic E-state index is 4.47. The number of hydrogen-bond donors (Lipinski definition) is 1. The van der Waals surface area contributed by atoms with Gasteiger partial charge in [0.25, 0.3) is 0 Å². The molecule has 1 unspecified atom stereocenters. The molecule has 1 aromatic rings. The Labute approximate surface area is 111 Å². The molecule has 102 valence electrons. The molecule has 1 heterocycles. The van der Waals surface area contributed by atoms with E-state index in [0.717, 1.165) is 25.8 Å². The van der Waals surface area contributed by atoms with Crippen molar-refractivity contribution in [2.75, 3.05) is 6.54 Å². The van der Waals surface area contributed by atoms with E-state index < -0.39 is 0 Å². The van der Waals surface area contributed by atoms with Crippen molar-refractivity contribution in [2.24, 2.45) is 7.05 Å². The summed E-state index contributed by atoms with van der Waals surface area (Å²) in [5.74, 6) is 0. The first-order valence-corrected chi connectivity index (χ1v) is 6.93. The van der Waals surface area contributed by atoms with Crippen LogP contribution in [0.5, 0.6) is 0 Å². The molecule has 0 radical (unpaired) electrons. The first-order chi connectivity index (χ1) is 8.60. The number of rotatable bonds is 8. The van der Waals surface area contributed by atoms with Crippen LogP contribution in [-0.4, -0.2) is 22.4 Å². The highest BCUT2D eigenvalue weighted by Crippen LogP contribution is 2.15. The average molecular weight is 249 g/mol. The number of aromatic nitrogens is 2. The second-order valence-electron chi connectivity index (χ2n) is 4.99. The van der Waals surface area contributed by atoms with Gasteiger partial charge in [-0.3, -0.25) is 4.68 Å². The lowest BCUT2D eigenvalue weighted by atomic mass is 10.0. The van der Waals surface area contributed by atoms with E-state index in [2.05, 4.69) is 37.8 Å². The number of aryl methyl sites for hydroxylation is 2. The Kier molecular flexibility index (Phi) is 6.13. The van der Waals surface area contributed by atoms with Crippen LogP contribution in [0.2, 0.25) is 0 Å². The lowest BCUT2D eigenvalue weighted by molar-refractivity contribution is 0.483. The van der Waals surface area contributed by atoms with Gasteiger partial charge in [0, 0.05) is 18.8 Å². The van der Waals surface area contributed by atoms with E-state index in [0.29, 0.717) is 6.04 Å². The van der Waals surface area contributed by atoms with Gasteiger partial charge in [0.15, 0.2) is 0 Å². The van der Waals surface area contributed by atoms with Crippen molar-refractivity contribution in [2.45, 2.75) is 52.5 Å². The van der Waals surface area contributed by atoms with E-state index in [1.165, 1.54) is 23.4 Å². The predicted octanol–water partition coefficient (Wildman–Crippen LogP) is 2.91. The number of nitrogens with one attached hydrogen (secondary N) is 1. The summed E-state index contributed by atoms with van der Waals surface area (Å²) in [6, 6.07) is 0.543. The van der Waals surface area contributed by atoms with Crippen LogP contribution in [0.4, 0.5) is 0 Å². The molecule has 0 aliphatic carbocycles. The minimum Gasteiger partial charge on any atom is -0.314 e. The van der Waals surface area contributed by atoms with Gasteiger partial charge in [-0.05, 0) is 51.6 Å². The Morgan fingerprint density at radius 3 is 2.67 bits per heavy atom. The third-order valence-electron chi connectivity index (χ3n) is 3.54. The molecule has 0 amide bonds. The van der Waals surface area contributed by atoms with Crippen LogP contribution < -0.4 is 5.32 Å². The van der Waals surface area contributed by atoms with Gasteiger partial charge in [0.1, 0.15) is 0 Å². The lowest BCUT2D eigenvalue weighted by Gasteiger charge is -2.16. The Hall–Kier alpha value is -1.09. The quantitative estimate of drug-likeness (QED) is 0.718. The summed E-state index contributed by atoms with van der Waals surface area (Å²) in [5, 5.41) is 8.06. The molecule has 0 aliphatic heterocycles. The van der Waals surface area contributed by atoms with Crippen molar-refractivity contribution in [3.63, 3.8) is 0 Å². The molecule has 18 heavy (non-hydrogen) atoms. The Balaban J connectivity index is 2.57. The second kappa shape index (κ2) is 7.37. The van der Waals surface area contributed by atoms with Crippen LogP contribution in [0.15, 0.2) is 12.7 Å². The zero-order valence-electron chi connectivity index (χ0n) is 12.3. The molecular weight excluding hydrogens is 222 g/mol. The molecule has 0 fully saturated rings. The van der Waals surface area contributed by atoms with Gasteiger partial charge in [-0.15, -0.1) is 6.58 Å². The standard InChI is InChI=1S/C15H27N3/c1-6-8-14(16-11-7-2)9-10-15-12(3)17-18(5)13(15)4/h6,14,16H,1,7-11H2,2-5H3. The van der Waals surface area contributed by atoms with Gasteiger partial charge in [-0.25, -0.2) is 0 Å². The van der Waals surface area contributed by atoms with Crippen LogP contribution in [0.3, 0.4) is 0 Å². The minimum absolute atomic E-state index is 0.543. The third kappa shape index (κ3) is 3.98. The van der Waals surface area contributed by atoms with Gasteiger partial charge in [0.2, 0.25) is 0 Å². The van der Waals surface area contributed by atoms with Crippen molar-refractivity contribution in [3.05, 3.63) is 29.6 Å². The molecule has 0 saturated carbocycles. The largest absolute Gasteiger partial charge is 0.314 e. The summed E-state index contributed by atoms with van der Waals surface area (Å²) >= 11 is 0. The van der Waals surface area contributed by atoms with Crippen molar-refractivity contribution in [1.29, 1.82) is 0 Å². The minimum atomic E-state index is 0.543. The molecule has 0 bridgehead atoms. The van der Waals surface area contributed by atoms with Crippen LogP contribution in [-0.2, 0) is 13.5 Å². The van der Waals surface area contributed by atoms with Crippen molar-refractivity contribution in [1.82, 2.24) is 15.1 Å². The molecule has 0 aliphatic rings. The topological polar surface area (TPSA) is 29.9 Å². The van der Waals surface area contributed by atoms with E-state index in [1.54, 1.807) is 0 Å². The predicted molar refractivity (Wildman–Crippen MR) is 77.9 cm³/mol. The molecule has 1 aromatic heterocycles. The maximum Gasteiger partial charge on any atom is 0.0628 e. The molecule has 1 atom stereocenters. The molecule has 1 N–H and O–H groups in total. The van der Waals surface area contributed by atoms with Gasteiger partial charge >= 0.3 is 0 Å². The Morgan fingerprint density at radius 1 is 1.44 bits per heavy atom. The fourth-order valence-electron chi connectivity index (χ4n) is 2.35. The van der Waals surface area contributed by atoms with Gasteiger partial charge in [-0.2, -0.15) is 5.10 Å². The average Bonchev–Trinajstić information content (AvgIpc) is 2.58. The van der Waals surface area contributed by atoms with Gasteiger partial charge in [-0.1, -0.05) is 13.0 Å². The van der Waals surface area contributed by atoms with E-state index >= 15 is 0 Å². The number of nitrogens with zero attached hydrogens (tertiary/aromatic N) is 2. The summed E-state index contributed by atoms with van der Waals surface area (Å²) in [6.07, 6.45) is 6.48. The molecule has 0 aromatic carbocycles. The maximum absolute atomic E-state index is 4.47. The van der Waals surface area contributed by atoms with Crippen LogP contribution >= 0.6 is 0 Å². The summed E-state index contributed by atoms with van der Waals surface area (Å²) in [7, 11) is 2.02. The summed E-state index contributed by atoms with van der Waals surface area (Å²) in [6.45, 7) is 11.4. The SMILES string of the molecule is C=CCC(CCc1c(C)nn(C)c1C)NCCC. The first kappa shape index (κ1) is 15.0. The molecular formula is C15H27N3. The van der Waals surface area contributed by atoms with Gasteiger partial charge in [0.05, 0.1) is 5.69 Å². The Bertz CT molecular complexity index is 379. The molecule has 0 spiro atoms. The Morgan fingerprint density at radius 2 is 2.17 bits per heavy atom. The highest BCUT2D eigenvalue weighted by Gasteiger charge is 2.12. The molecule has 1 rings (SSSR count). The van der Waals surface area contributed by atoms with E-state index in [1.807, 2.05) is 17.8 Å². The fourth-order valence-corrected chi connectivity index (χ4v) is 2.35. The zero-order valence-corrected chi connectivity index (χ0v) is 12.3. The molecule has 0 saturated heterocycles. The summed E-state index contributed by atoms with van der Waals surface area (Å²) in [4.78, 5) is 0. The van der Waals surface area contributed by atoms with Crippen molar-refractivity contribution in [3.8, 4) is 0 Å². The fraction of sp³-hybridized carbons (Fsp3) is 0.667. The van der Waals surface area contributed by atoms with E-state index in [4.69, 9.17) is 0 Å². The van der Waals surface area contributed by atoms with Crippen molar-refractivity contribution < 1.29 is 0 Å². The molecule has 3 heteroatoms. The van der Waals surface area contributed by atoms with Crippen LogP contribution in [0.1, 0.15) is 43.1 Å². The highest BCUT2D eigenvalue weighted by atomic mass is 15.3. The lowest BCUT2D eigenvalue weighted by Crippen LogP contribution is -2.29. The summed E-state index contributed by atoms with van der Waals surface area (Å²) in [5.41, 5.74) is 3.87.